The van der Waals surface area contributed by atoms with Crippen LogP contribution in [0.1, 0.15) is 15.9 Å². The van der Waals surface area contributed by atoms with E-state index in [4.69, 9.17) is 5.73 Å². The fraction of sp³-hybridized carbons (Fsp3) is 0.0667. The van der Waals surface area contributed by atoms with Crippen molar-refractivity contribution in [3.8, 4) is 0 Å². The zero-order valence-corrected chi connectivity index (χ0v) is 12.1. The van der Waals surface area contributed by atoms with Crippen LogP contribution in [-0.4, -0.2) is 16.1 Å². The molecule has 21 heavy (non-hydrogen) atoms. The Morgan fingerprint density at radius 3 is 2.86 bits per heavy atom. The first-order valence-corrected chi connectivity index (χ1v) is 7.16. The van der Waals surface area contributed by atoms with Crippen LogP contribution in [0.25, 0.3) is 10.2 Å². The summed E-state index contributed by atoms with van der Waals surface area (Å²) in [5, 5.41) is 12.4. The van der Waals surface area contributed by atoms with Crippen LogP contribution in [0.5, 0.6) is 0 Å². The number of carbonyl (C=O) groups is 1. The topological polar surface area (TPSA) is 88.2 Å². The molecule has 0 unspecified atom stereocenters. The van der Waals surface area contributed by atoms with Crippen molar-refractivity contribution < 1.29 is 9.90 Å². The molecule has 6 heteroatoms. The number of carboxylic acid groups (broad SMARTS) is 1. The van der Waals surface area contributed by atoms with E-state index in [0.29, 0.717) is 11.4 Å². The lowest BCUT2D eigenvalue weighted by Crippen LogP contribution is -2.05. The highest BCUT2D eigenvalue weighted by Gasteiger charge is 2.12. The maximum Gasteiger partial charge on any atom is 0.337 e. The van der Waals surface area contributed by atoms with Crippen molar-refractivity contribution >= 4 is 44.6 Å². The van der Waals surface area contributed by atoms with Gasteiger partial charge in [0.05, 0.1) is 21.3 Å². The first kappa shape index (κ1) is 13.4. The highest BCUT2D eigenvalue weighted by Crippen LogP contribution is 2.28. The first-order chi connectivity index (χ1) is 10.0. The summed E-state index contributed by atoms with van der Waals surface area (Å²) in [5.41, 5.74) is 11.3. The molecular formula is C15H13N3O2S. The number of nitrogen functional groups attached to an aromatic ring is 1. The summed E-state index contributed by atoms with van der Waals surface area (Å²) in [5.74, 6) is -1.03. The van der Waals surface area contributed by atoms with Gasteiger partial charge in [0.25, 0.3) is 0 Å². The van der Waals surface area contributed by atoms with E-state index in [-0.39, 0.29) is 5.56 Å². The number of nitrogens with one attached hydrogen (secondary N) is 1. The molecule has 3 aromatic rings. The van der Waals surface area contributed by atoms with E-state index < -0.39 is 5.97 Å². The van der Waals surface area contributed by atoms with Gasteiger partial charge in [-0.15, -0.1) is 11.3 Å². The van der Waals surface area contributed by atoms with Crippen LogP contribution in [0.4, 0.5) is 17.1 Å². The molecular weight excluding hydrogens is 286 g/mol. The summed E-state index contributed by atoms with van der Waals surface area (Å²) < 4.78 is 1.07. The molecule has 0 aliphatic carbocycles. The average Bonchev–Trinajstić information content (AvgIpc) is 2.89. The molecule has 2 aromatic carbocycles. The highest BCUT2D eigenvalue weighted by molar-refractivity contribution is 7.16. The van der Waals surface area contributed by atoms with Crippen LogP contribution in [0.15, 0.2) is 35.8 Å². The zero-order chi connectivity index (χ0) is 15.0. The summed E-state index contributed by atoms with van der Waals surface area (Å²) >= 11 is 1.56. The summed E-state index contributed by atoms with van der Waals surface area (Å²) in [6.45, 7) is 1.79. The highest BCUT2D eigenvalue weighted by atomic mass is 32.1. The Hall–Kier alpha value is -2.60. The van der Waals surface area contributed by atoms with Gasteiger partial charge < -0.3 is 16.2 Å². The number of thiazole rings is 1. The van der Waals surface area contributed by atoms with E-state index >= 15 is 0 Å². The number of fused-ring (bicyclic) bond motifs is 1. The monoisotopic (exact) mass is 299 g/mol. The number of nitrogens with two attached hydrogens (primary N) is 1. The number of hydrogen-bond donors (Lipinski definition) is 3. The number of benzene rings is 2. The van der Waals surface area contributed by atoms with E-state index in [0.717, 1.165) is 21.5 Å². The van der Waals surface area contributed by atoms with Gasteiger partial charge in [0.1, 0.15) is 0 Å². The maximum absolute atomic E-state index is 11.2. The molecule has 0 spiro atoms. The first-order valence-electron chi connectivity index (χ1n) is 6.28. The fourth-order valence-corrected chi connectivity index (χ4v) is 2.86. The molecule has 0 radical (unpaired) electrons. The number of aromatic nitrogens is 1. The second-order valence-corrected chi connectivity index (χ2v) is 5.61. The third-order valence-corrected chi connectivity index (χ3v) is 4.03. The van der Waals surface area contributed by atoms with E-state index in [9.17, 15) is 9.90 Å². The molecule has 106 valence electrons. The van der Waals surface area contributed by atoms with Gasteiger partial charge in [-0.25, -0.2) is 9.78 Å². The standard InChI is InChI=1S/C15H13N3O2S/c1-8-4-10(5-11(14(8)16)15(19)20)18-9-2-3-12-13(6-9)21-7-17-12/h2-7,18H,16H2,1H3,(H,19,20). The van der Waals surface area contributed by atoms with Crippen molar-refractivity contribution in [2.75, 3.05) is 11.1 Å². The van der Waals surface area contributed by atoms with Crippen LogP contribution in [0.3, 0.4) is 0 Å². The number of aromatic carboxylic acids is 1. The Balaban J connectivity index is 1.98. The maximum atomic E-state index is 11.2. The number of hydrogen-bond acceptors (Lipinski definition) is 5. The van der Waals surface area contributed by atoms with Gasteiger partial charge in [-0.2, -0.15) is 0 Å². The molecule has 0 aliphatic heterocycles. The zero-order valence-electron chi connectivity index (χ0n) is 11.3. The number of rotatable bonds is 3. The molecule has 1 heterocycles. The van der Waals surface area contributed by atoms with Gasteiger partial charge in [-0.3, -0.25) is 0 Å². The average molecular weight is 299 g/mol. The van der Waals surface area contributed by atoms with Crippen molar-refractivity contribution in [3.05, 3.63) is 47.0 Å². The van der Waals surface area contributed by atoms with Crippen LogP contribution in [0.2, 0.25) is 0 Å². The number of carboxylic acids is 1. The Morgan fingerprint density at radius 1 is 1.29 bits per heavy atom. The van der Waals surface area contributed by atoms with Crippen LogP contribution in [-0.2, 0) is 0 Å². The van der Waals surface area contributed by atoms with E-state index in [1.807, 2.05) is 24.3 Å². The van der Waals surface area contributed by atoms with Gasteiger partial charge in [0, 0.05) is 17.1 Å². The fourth-order valence-electron chi connectivity index (χ4n) is 2.15. The lowest BCUT2D eigenvalue weighted by molar-refractivity contribution is 0.0698. The molecule has 5 nitrogen and oxygen atoms in total. The summed E-state index contributed by atoms with van der Waals surface area (Å²) in [4.78, 5) is 15.4. The van der Waals surface area contributed by atoms with Gasteiger partial charge in [-0.05, 0) is 42.8 Å². The number of nitrogens with zero attached hydrogens (tertiary/aromatic N) is 1. The Morgan fingerprint density at radius 2 is 2.10 bits per heavy atom. The minimum atomic E-state index is -1.03. The SMILES string of the molecule is Cc1cc(Nc2ccc3ncsc3c2)cc(C(=O)O)c1N. The molecule has 0 amide bonds. The van der Waals surface area contributed by atoms with Crippen LogP contribution >= 0.6 is 11.3 Å². The summed E-state index contributed by atoms with van der Waals surface area (Å²) in [6, 6.07) is 9.20. The lowest BCUT2D eigenvalue weighted by Gasteiger charge is -2.11. The van der Waals surface area contributed by atoms with E-state index in [1.165, 1.54) is 0 Å². The molecule has 4 N–H and O–H groups in total. The minimum Gasteiger partial charge on any atom is -0.478 e. The Kier molecular flexibility index (Phi) is 3.23. The molecule has 1 aromatic heterocycles. The summed E-state index contributed by atoms with van der Waals surface area (Å²) in [7, 11) is 0. The Labute approximate surface area is 125 Å². The predicted molar refractivity (Wildman–Crippen MR) is 85.5 cm³/mol. The molecule has 0 bridgehead atoms. The third-order valence-electron chi connectivity index (χ3n) is 3.24. The van der Waals surface area contributed by atoms with E-state index in [1.54, 1.807) is 29.8 Å². The molecule has 0 fully saturated rings. The lowest BCUT2D eigenvalue weighted by atomic mass is 10.1. The minimum absolute atomic E-state index is 0.108. The molecule has 3 rings (SSSR count). The van der Waals surface area contributed by atoms with Gasteiger partial charge >= 0.3 is 5.97 Å². The predicted octanol–water partition coefficient (Wildman–Crippen LogP) is 3.63. The quantitative estimate of drug-likeness (QED) is 0.643. The second-order valence-electron chi connectivity index (χ2n) is 4.72. The number of aryl methyl sites for hydroxylation is 1. The van der Waals surface area contributed by atoms with Crippen LogP contribution in [0, 0.1) is 6.92 Å². The van der Waals surface area contributed by atoms with Gasteiger partial charge in [-0.1, -0.05) is 0 Å². The van der Waals surface area contributed by atoms with Crippen molar-refractivity contribution in [2.45, 2.75) is 6.92 Å². The summed E-state index contributed by atoms with van der Waals surface area (Å²) in [6.07, 6.45) is 0. The van der Waals surface area contributed by atoms with Gasteiger partial charge in [0.2, 0.25) is 0 Å². The smallest absolute Gasteiger partial charge is 0.337 e. The van der Waals surface area contributed by atoms with Crippen molar-refractivity contribution in [1.82, 2.24) is 4.98 Å². The molecule has 0 saturated carbocycles. The Bertz CT molecular complexity index is 842. The molecule has 0 aliphatic rings. The van der Waals surface area contributed by atoms with Crippen LogP contribution < -0.4 is 11.1 Å². The second kappa shape index (κ2) is 5.06. The molecule has 0 atom stereocenters. The number of anilines is 3. The largest absolute Gasteiger partial charge is 0.478 e. The van der Waals surface area contributed by atoms with E-state index in [2.05, 4.69) is 10.3 Å². The van der Waals surface area contributed by atoms with Crippen molar-refractivity contribution in [1.29, 1.82) is 0 Å². The third kappa shape index (κ3) is 2.53. The normalized spacial score (nSPS) is 10.7. The van der Waals surface area contributed by atoms with Crippen molar-refractivity contribution in [3.63, 3.8) is 0 Å². The van der Waals surface area contributed by atoms with Crippen molar-refractivity contribution in [2.24, 2.45) is 0 Å². The molecule has 0 saturated heterocycles. The van der Waals surface area contributed by atoms with Gasteiger partial charge in [0.15, 0.2) is 0 Å².